The van der Waals surface area contributed by atoms with Crippen LogP contribution in [0.15, 0.2) is 36.4 Å². The van der Waals surface area contributed by atoms with Crippen LogP contribution in [0, 0.1) is 6.92 Å². The molecule has 0 bridgehead atoms. The largest absolute Gasteiger partial charge is 0.385 e. The fourth-order valence-corrected chi connectivity index (χ4v) is 5.68. The van der Waals surface area contributed by atoms with Gasteiger partial charge in [0.15, 0.2) is 15.5 Å². The fraction of sp³-hybridized carbons (Fsp3) is 0.409. The number of hydrogen-bond acceptors (Lipinski definition) is 6. The second-order valence-electron chi connectivity index (χ2n) is 7.81. The van der Waals surface area contributed by atoms with Crippen LogP contribution in [0.5, 0.6) is 0 Å². The number of fused-ring (bicyclic) bond motifs is 1. The Labute approximate surface area is 181 Å². The molecule has 4 rings (SSSR count). The summed E-state index contributed by atoms with van der Waals surface area (Å²) in [4.78, 5) is 17.9. The number of nitrogens with one attached hydrogen (secondary N) is 1. The number of rotatable bonds is 7. The van der Waals surface area contributed by atoms with Crippen LogP contribution in [0.2, 0.25) is 0 Å². The molecule has 164 valence electrons. The van der Waals surface area contributed by atoms with E-state index in [4.69, 9.17) is 9.72 Å². The van der Waals surface area contributed by atoms with Crippen molar-refractivity contribution < 1.29 is 17.9 Å². The molecule has 0 aliphatic carbocycles. The number of aromatic nitrogens is 3. The van der Waals surface area contributed by atoms with Crippen molar-refractivity contribution in [3.63, 3.8) is 0 Å². The van der Waals surface area contributed by atoms with E-state index in [0.717, 1.165) is 5.56 Å². The standard InChI is InChI=1S/C22H26N4O4S/c1-15-20-18(22(27)23-10-6-11-30-2)13-19(16-7-4-3-5-8-16)24-21(20)26(25-15)17-9-12-31(28,29)14-17/h3-5,7-8,13,17H,6,9-12,14H2,1-2H3,(H,23,27). The molecule has 1 aliphatic heterocycles. The molecule has 1 N–H and O–H groups in total. The first kappa shape index (κ1) is 21.5. The van der Waals surface area contributed by atoms with Gasteiger partial charge in [-0.15, -0.1) is 0 Å². The summed E-state index contributed by atoms with van der Waals surface area (Å²) in [7, 11) is -1.46. The Morgan fingerprint density at radius 3 is 2.74 bits per heavy atom. The summed E-state index contributed by atoms with van der Waals surface area (Å²) < 4.78 is 30.9. The number of amides is 1. The zero-order valence-corrected chi connectivity index (χ0v) is 18.5. The molecule has 1 amide bonds. The summed E-state index contributed by atoms with van der Waals surface area (Å²) in [6.07, 6.45) is 1.20. The van der Waals surface area contributed by atoms with Crippen molar-refractivity contribution in [3.8, 4) is 11.3 Å². The van der Waals surface area contributed by atoms with E-state index < -0.39 is 9.84 Å². The number of methoxy groups -OCH3 is 1. The Morgan fingerprint density at radius 2 is 2.06 bits per heavy atom. The van der Waals surface area contributed by atoms with Gasteiger partial charge in [-0.2, -0.15) is 5.10 Å². The molecule has 0 spiro atoms. The Bertz CT molecular complexity index is 1210. The van der Waals surface area contributed by atoms with Gasteiger partial charge in [0, 0.05) is 25.8 Å². The van der Waals surface area contributed by atoms with Crippen LogP contribution >= 0.6 is 0 Å². The van der Waals surface area contributed by atoms with Crippen molar-refractivity contribution in [1.82, 2.24) is 20.1 Å². The highest BCUT2D eigenvalue weighted by molar-refractivity contribution is 7.91. The lowest BCUT2D eigenvalue weighted by Crippen LogP contribution is -2.25. The Kier molecular flexibility index (Phi) is 6.06. The number of carbonyl (C=O) groups is 1. The van der Waals surface area contributed by atoms with Crippen molar-refractivity contribution in [3.05, 3.63) is 47.7 Å². The SMILES string of the molecule is COCCCNC(=O)c1cc(-c2ccccc2)nc2c1c(C)nn2C1CCS(=O)(=O)C1. The molecule has 3 heterocycles. The van der Waals surface area contributed by atoms with Crippen LogP contribution in [-0.2, 0) is 14.6 Å². The number of nitrogens with zero attached hydrogens (tertiary/aromatic N) is 3. The molecule has 8 nitrogen and oxygen atoms in total. The lowest BCUT2D eigenvalue weighted by atomic mass is 10.0. The van der Waals surface area contributed by atoms with Gasteiger partial charge < -0.3 is 10.1 Å². The average Bonchev–Trinajstić information content (AvgIpc) is 3.30. The quantitative estimate of drug-likeness (QED) is 0.564. The molecule has 31 heavy (non-hydrogen) atoms. The number of benzene rings is 1. The molecular weight excluding hydrogens is 416 g/mol. The van der Waals surface area contributed by atoms with Gasteiger partial charge in [0.1, 0.15) is 0 Å². The lowest BCUT2D eigenvalue weighted by Gasteiger charge is -2.12. The van der Waals surface area contributed by atoms with E-state index in [2.05, 4.69) is 10.4 Å². The van der Waals surface area contributed by atoms with Crippen molar-refractivity contribution >= 4 is 26.8 Å². The van der Waals surface area contributed by atoms with E-state index in [0.29, 0.717) is 54.0 Å². The Morgan fingerprint density at radius 1 is 1.29 bits per heavy atom. The molecule has 0 saturated carbocycles. The Balaban J connectivity index is 1.82. The molecule has 1 saturated heterocycles. The summed E-state index contributed by atoms with van der Waals surface area (Å²) >= 11 is 0. The van der Waals surface area contributed by atoms with Crippen LogP contribution in [0.1, 0.15) is 34.9 Å². The maximum atomic E-state index is 13.1. The van der Waals surface area contributed by atoms with E-state index in [1.54, 1.807) is 17.9 Å². The third kappa shape index (κ3) is 4.47. The second kappa shape index (κ2) is 8.76. The molecule has 9 heteroatoms. The van der Waals surface area contributed by atoms with E-state index in [1.807, 2.05) is 37.3 Å². The van der Waals surface area contributed by atoms with Crippen LogP contribution in [0.4, 0.5) is 0 Å². The van der Waals surface area contributed by atoms with Gasteiger partial charge in [-0.25, -0.2) is 18.1 Å². The minimum atomic E-state index is -3.09. The monoisotopic (exact) mass is 442 g/mol. The number of carbonyl (C=O) groups excluding carboxylic acids is 1. The zero-order chi connectivity index (χ0) is 22.0. The topological polar surface area (TPSA) is 103 Å². The third-order valence-electron chi connectivity index (χ3n) is 5.52. The summed E-state index contributed by atoms with van der Waals surface area (Å²) in [5, 5.41) is 8.22. The van der Waals surface area contributed by atoms with Gasteiger partial charge in [0.2, 0.25) is 0 Å². The number of sulfone groups is 1. The van der Waals surface area contributed by atoms with Crippen molar-refractivity contribution in [1.29, 1.82) is 0 Å². The van der Waals surface area contributed by atoms with Gasteiger partial charge in [-0.3, -0.25) is 4.79 Å². The molecule has 0 radical (unpaired) electrons. The van der Waals surface area contributed by atoms with Crippen molar-refractivity contribution in [2.75, 3.05) is 31.8 Å². The molecule has 1 aromatic carbocycles. The molecule has 3 aromatic rings. The van der Waals surface area contributed by atoms with Crippen LogP contribution in [-0.4, -0.2) is 60.9 Å². The highest BCUT2D eigenvalue weighted by Gasteiger charge is 2.32. The van der Waals surface area contributed by atoms with Crippen molar-refractivity contribution in [2.24, 2.45) is 0 Å². The smallest absolute Gasteiger partial charge is 0.252 e. The third-order valence-corrected chi connectivity index (χ3v) is 7.27. The highest BCUT2D eigenvalue weighted by atomic mass is 32.2. The normalized spacial score (nSPS) is 17.8. The van der Waals surface area contributed by atoms with Gasteiger partial charge >= 0.3 is 0 Å². The molecular formula is C22H26N4O4S. The molecule has 1 unspecified atom stereocenters. The van der Waals surface area contributed by atoms with Gasteiger partial charge in [0.05, 0.1) is 39.9 Å². The second-order valence-corrected chi connectivity index (χ2v) is 10.0. The maximum Gasteiger partial charge on any atom is 0.252 e. The first-order chi connectivity index (χ1) is 14.9. The Hall–Kier alpha value is -2.78. The minimum Gasteiger partial charge on any atom is -0.385 e. The molecule has 2 aromatic heterocycles. The number of pyridine rings is 1. The molecule has 1 atom stereocenters. The first-order valence-corrected chi connectivity index (χ1v) is 12.1. The molecule has 1 aliphatic rings. The van der Waals surface area contributed by atoms with E-state index >= 15 is 0 Å². The fourth-order valence-electron chi connectivity index (χ4n) is 3.99. The summed E-state index contributed by atoms with van der Waals surface area (Å²) in [6, 6.07) is 11.1. The summed E-state index contributed by atoms with van der Waals surface area (Å²) in [6.45, 7) is 2.88. The minimum absolute atomic E-state index is 0.0407. The number of hydrogen-bond donors (Lipinski definition) is 1. The predicted octanol–water partition coefficient (Wildman–Crippen LogP) is 2.53. The first-order valence-electron chi connectivity index (χ1n) is 10.3. The van der Waals surface area contributed by atoms with Crippen molar-refractivity contribution in [2.45, 2.75) is 25.8 Å². The van der Waals surface area contributed by atoms with Crippen LogP contribution in [0.25, 0.3) is 22.3 Å². The van der Waals surface area contributed by atoms with Gasteiger partial charge in [0.25, 0.3) is 5.91 Å². The van der Waals surface area contributed by atoms with E-state index in [1.165, 1.54) is 0 Å². The van der Waals surface area contributed by atoms with E-state index in [-0.39, 0.29) is 23.5 Å². The average molecular weight is 443 g/mol. The summed E-state index contributed by atoms with van der Waals surface area (Å²) in [5.41, 5.74) is 3.22. The lowest BCUT2D eigenvalue weighted by molar-refractivity contribution is 0.0950. The predicted molar refractivity (Wildman–Crippen MR) is 119 cm³/mol. The van der Waals surface area contributed by atoms with Gasteiger partial charge in [-0.05, 0) is 25.8 Å². The number of ether oxygens (including phenoxy) is 1. The van der Waals surface area contributed by atoms with Gasteiger partial charge in [-0.1, -0.05) is 30.3 Å². The molecule has 1 fully saturated rings. The highest BCUT2D eigenvalue weighted by Crippen LogP contribution is 2.32. The zero-order valence-electron chi connectivity index (χ0n) is 17.7. The van der Waals surface area contributed by atoms with Crippen LogP contribution < -0.4 is 5.32 Å². The summed E-state index contributed by atoms with van der Waals surface area (Å²) in [5.74, 6) is -0.0233. The van der Waals surface area contributed by atoms with E-state index in [9.17, 15) is 13.2 Å². The number of aryl methyl sites for hydroxylation is 1. The maximum absolute atomic E-state index is 13.1. The van der Waals surface area contributed by atoms with Crippen LogP contribution in [0.3, 0.4) is 0 Å².